The number of aromatic nitrogens is 1. The van der Waals surface area contributed by atoms with Crippen molar-refractivity contribution in [1.82, 2.24) is 9.47 Å². The second-order valence-corrected chi connectivity index (χ2v) is 7.47. The molecule has 0 radical (unpaired) electrons. The molecule has 0 aliphatic rings. The third kappa shape index (κ3) is 4.84. The molecule has 0 unspecified atom stereocenters. The topological polar surface area (TPSA) is 68.4 Å². The average Bonchev–Trinajstić information content (AvgIpc) is 3.13. The van der Waals surface area contributed by atoms with Gasteiger partial charge in [0.25, 0.3) is 11.6 Å². The van der Waals surface area contributed by atoms with Crippen molar-refractivity contribution in [1.29, 1.82) is 0 Å². The van der Waals surface area contributed by atoms with Crippen molar-refractivity contribution >= 4 is 23.2 Å². The zero-order chi connectivity index (χ0) is 21.0. The fraction of sp³-hybridized carbons (Fsp3) is 0.227. The molecule has 0 saturated heterocycles. The van der Waals surface area contributed by atoms with Gasteiger partial charge in [0.1, 0.15) is 5.02 Å². The first-order valence-electron chi connectivity index (χ1n) is 9.29. The van der Waals surface area contributed by atoms with E-state index in [0.717, 1.165) is 5.69 Å². The van der Waals surface area contributed by atoms with Crippen LogP contribution in [0.15, 0.2) is 66.9 Å². The minimum atomic E-state index is -0.580. The highest BCUT2D eigenvalue weighted by Crippen LogP contribution is 2.26. The number of benzene rings is 2. The predicted molar refractivity (Wildman–Crippen MR) is 113 cm³/mol. The number of nitro benzene ring substituents is 1. The van der Waals surface area contributed by atoms with Gasteiger partial charge in [-0.3, -0.25) is 14.9 Å². The maximum Gasteiger partial charge on any atom is 0.288 e. The summed E-state index contributed by atoms with van der Waals surface area (Å²) in [5.41, 5.74) is 2.13. The van der Waals surface area contributed by atoms with Crippen LogP contribution in [0.4, 0.5) is 5.69 Å². The first-order chi connectivity index (χ1) is 13.9. The standard InChI is InChI=1S/C22H22ClN3O3/c1-16(2)25(22(27)18-10-11-20(23)21(13-18)26(28)29)15-19-9-6-12-24(19)14-17-7-4-3-5-8-17/h3-13,16H,14-15H2,1-2H3. The van der Waals surface area contributed by atoms with Gasteiger partial charge in [-0.2, -0.15) is 0 Å². The number of amides is 1. The number of rotatable bonds is 7. The van der Waals surface area contributed by atoms with Gasteiger partial charge < -0.3 is 9.47 Å². The first kappa shape index (κ1) is 20.6. The van der Waals surface area contributed by atoms with Crippen LogP contribution in [0.3, 0.4) is 0 Å². The fourth-order valence-corrected chi connectivity index (χ4v) is 3.33. The predicted octanol–water partition coefficient (Wildman–Crippen LogP) is 5.15. The number of nitrogens with zero attached hydrogens (tertiary/aromatic N) is 3. The number of carbonyl (C=O) groups is 1. The van der Waals surface area contributed by atoms with Crippen LogP contribution >= 0.6 is 11.6 Å². The van der Waals surface area contributed by atoms with Crippen LogP contribution in [0.2, 0.25) is 5.02 Å². The molecule has 0 N–H and O–H groups in total. The minimum absolute atomic E-state index is 0.0133. The van der Waals surface area contributed by atoms with E-state index in [1.54, 1.807) is 4.90 Å². The third-order valence-corrected chi connectivity index (χ3v) is 5.05. The molecule has 1 amide bonds. The molecule has 0 spiro atoms. The molecule has 150 valence electrons. The summed E-state index contributed by atoms with van der Waals surface area (Å²) in [5, 5.41) is 11.2. The summed E-state index contributed by atoms with van der Waals surface area (Å²) in [6.45, 7) is 4.95. The SMILES string of the molecule is CC(C)N(Cc1cccn1Cc1ccccc1)C(=O)c1ccc(Cl)c([N+](=O)[O-])c1. The Morgan fingerprint density at radius 3 is 2.52 bits per heavy atom. The highest BCUT2D eigenvalue weighted by molar-refractivity contribution is 6.32. The van der Waals surface area contributed by atoms with Crippen LogP contribution < -0.4 is 0 Å². The van der Waals surface area contributed by atoms with E-state index in [9.17, 15) is 14.9 Å². The van der Waals surface area contributed by atoms with Crippen LogP contribution in [-0.2, 0) is 13.1 Å². The first-order valence-corrected chi connectivity index (χ1v) is 9.67. The van der Waals surface area contributed by atoms with E-state index in [2.05, 4.69) is 16.7 Å². The third-order valence-electron chi connectivity index (χ3n) is 4.73. The maximum atomic E-state index is 13.1. The second kappa shape index (κ2) is 8.92. The lowest BCUT2D eigenvalue weighted by atomic mass is 10.1. The molecule has 29 heavy (non-hydrogen) atoms. The molecule has 7 heteroatoms. The molecule has 0 fully saturated rings. The van der Waals surface area contributed by atoms with E-state index in [1.807, 2.05) is 50.4 Å². The lowest BCUT2D eigenvalue weighted by Gasteiger charge is -2.27. The van der Waals surface area contributed by atoms with Crippen LogP contribution in [-0.4, -0.2) is 26.3 Å². The maximum absolute atomic E-state index is 13.1. The molecule has 3 rings (SSSR count). The summed E-state index contributed by atoms with van der Waals surface area (Å²) in [6, 6.07) is 18.1. The number of nitro groups is 1. The summed E-state index contributed by atoms with van der Waals surface area (Å²) >= 11 is 5.88. The van der Waals surface area contributed by atoms with E-state index < -0.39 is 4.92 Å². The highest BCUT2D eigenvalue weighted by Gasteiger charge is 2.23. The van der Waals surface area contributed by atoms with Crippen molar-refractivity contribution in [2.45, 2.75) is 33.0 Å². The van der Waals surface area contributed by atoms with Gasteiger partial charge in [0.2, 0.25) is 0 Å². The quantitative estimate of drug-likeness (QED) is 0.399. The molecule has 0 saturated carbocycles. The molecule has 6 nitrogen and oxygen atoms in total. The Morgan fingerprint density at radius 2 is 1.86 bits per heavy atom. The second-order valence-electron chi connectivity index (χ2n) is 7.06. The molecule has 0 atom stereocenters. The molecule has 0 aliphatic heterocycles. The van der Waals surface area contributed by atoms with Crippen molar-refractivity contribution in [3.05, 3.63) is 98.8 Å². The Labute approximate surface area is 174 Å². The Morgan fingerprint density at radius 1 is 1.14 bits per heavy atom. The lowest BCUT2D eigenvalue weighted by Crippen LogP contribution is -2.37. The lowest BCUT2D eigenvalue weighted by molar-refractivity contribution is -0.384. The van der Waals surface area contributed by atoms with E-state index in [-0.39, 0.29) is 28.2 Å². The molecule has 0 aliphatic carbocycles. The van der Waals surface area contributed by atoms with Gasteiger partial charge >= 0.3 is 0 Å². The molecule has 1 heterocycles. The summed E-state index contributed by atoms with van der Waals surface area (Å²) in [6.07, 6.45) is 1.98. The molecule has 1 aromatic heterocycles. The van der Waals surface area contributed by atoms with Gasteiger partial charge in [0, 0.05) is 36.1 Å². The largest absolute Gasteiger partial charge is 0.345 e. The summed E-state index contributed by atoms with van der Waals surface area (Å²) in [7, 11) is 0. The smallest absolute Gasteiger partial charge is 0.288 e. The van der Waals surface area contributed by atoms with Gasteiger partial charge in [-0.25, -0.2) is 0 Å². The van der Waals surface area contributed by atoms with Gasteiger partial charge in [-0.15, -0.1) is 0 Å². The Balaban J connectivity index is 1.85. The van der Waals surface area contributed by atoms with Gasteiger partial charge in [-0.05, 0) is 43.7 Å². The van der Waals surface area contributed by atoms with E-state index in [4.69, 9.17) is 11.6 Å². The molecule has 0 bridgehead atoms. The van der Waals surface area contributed by atoms with E-state index in [1.165, 1.54) is 23.8 Å². The Bertz CT molecular complexity index is 1020. The summed E-state index contributed by atoms with van der Waals surface area (Å²) < 4.78 is 2.10. The van der Waals surface area contributed by atoms with Crippen LogP contribution in [0, 0.1) is 10.1 Å². The van der Waals surface area contributed by atoms with Crippen molar-refractivity contribution in [3.63, 3.8) is 0 Å². The van der Waals surface area contributed by atoms with Gasteiger partial charge in [-0.1, -0.05) is 41.9 Å². The zero-order valence-corrected chi connectivity index (χ0v) is 17.0. The average molecular weight is 412 g/mol. The van der Waals surface area contributed by atoms with E-state index >= 15 is 0 Å². The fourth-order valence-electron chi connectivity index (χ4n) is 3.14. The van der Waals surface area contributed by atoms with Gasteiger partial charge in [0.15, 0.2) is 0 Å². The number of carbonyl (C=O) groups excluding carboxylic acids is 1. The Kier molecular flexibility index (Phi) is 6.34. The summed E-state index contributed by atoms with van der Waals surface area (Å²) in [4.78, 5) is 25.4. The molecular formula is C22H22ClN3O3. The monoisotopic (exact) mass is 411 g/mol. The van der Waals surface area contributed by atoms with E-state index in [0.29, 0.717) is 13.1 Å². The van der Waals surface area contributed by atoms with Crippen LogP contribution in [0.25, 0.3) is 0 Å². The normalized spacial score (nSPS) is 10.9. The number of halogens is 1. The Hall–Kier alpha value is -3.12. The van der Waals surface area contributed by atoms with Crippen molar-refractivity contribution in [3.8, 4) is 0 Å². The highest BCUT2D eigenvalue weighted by atomic mass is 35.5. The molecule has 3 aromatic rings. The van der Waals surface area contributed by atoms with Crippen molar-refractivity contribution in [2.24, 2.45) is 0 Å². The van der Waals surface area contributed by atoms with Crippen LogP contribution in [0.5, 0.6) is 0 Å². The number of hydrogen-bond donors (Lipinski definition) is 0. The molecule has 2 aromatic carbocycles. The van der Waals surface area contributed by atoms with Gasteiger partial charge in [0.05, 0.1) is 11.5 Å². The minimum Gasteiger partial charge on any atom is -0.345 e. The summed E-state index contributed by atoms with van der Waals surface area (Å²) in [5.74, 6) is -0.271. The zero-order valence-electron chi connectivity index (χ0n) is 16.3. The van der Waals surface area contributed by atoms with Crippen molar-refractivity contribution in [2.75, 3.05) is 0 Å². The van der Waals surface area contributed by atoms with Crippen molar-refractivity contribution < 1.29 is 9.72 Å². The molecular weight excluding hydrogens is 390 g/mol. The van der Waals surface area contributed by atoms with Crippen LogP contribution in [0.1, 0.15) is 35.5 Å². The number of hydrogen-bond acceptors (Lipinski definition) is 3.